The second-order valence-electron chi connectivity index (χ2n) is 4.66. The number of benzene rings is 1. The third kappa shape index (κ3) is 3.06. The molecular weight excluding hydrogens is 325 g/mol. The summed E-state index contributed by atoms with van der Waals surface area (Å²) in [6.07, 6.45) is 0. The zero-order valence-corrected chi connectivity index (χ0v) is 12.9. The van der Waals surface area contributed by atoms with E-state index in [0.29, 0.717) is 0 Å². The Bertz CT molecular complexity index is 729. The number of carbonyl (C=O) groups excluding carboxylic acids is 2. The van der Waals surface area contributed by atoms with Gasteiger partial charge in [-0.25, -0.2) is 18.8 Å². The average Bonchev–Trinajstić information content (AvgIpc) is 2.59. The van der Waals surface area contributed by atoms with E-state index in [1.807, 2.05) is 0 Å². The van der Waals surface area contributed by atoms with Crippen LogP contribution in [0.4, 0.5) is 10.1 Å². The van der Waals surface area contributed by atoms with E-state index in [9.17, 15) is 23.9 Å². The lowest BCUT2D eigenvalue weighted by molar-refractivity contribution is -0.140. The van der Waals surface area contributed by atoms with Gasteiger partial charge in [0.2, 0.25) is 0 Å². The molecule has 1 N–H and O–H groups in total. The molecule has 2 rings (SSSR count). The van der Waals surface area contributed by atoms with Crippen molar-refractivity contribution in [3.63, 3.8) is 0 Å². The first-order chi connectivity index (χ1) is 11.4. The Morgan fingerprint density at radius 2 is 1.88 bits per heavy atom. The Hall–Kier alpha value is -2.94. The van der Waals surface area contributed by atoms with E-state index < -0.39 is 35.0 Å². The molecule has 0 aliphatic carbocycles. The minimum absolute atomic E-state index is 0.199. The molecule has 0 saturated heterocycles. The molecule has 1 heterocycles. The van der Waals surface area contributed by atoms with Crippen LogP contribution in [-0.4, -0.2) is 50.6 Å². The Balaban J connectivity index is 2.71. The summed E-state index contributed by atoms with van der Waals surface area (Å²) < 4.78 is 28.7. The van der Waals surface area contributed by atoms with E-state index in [-0.39, 0.29) is 24.6 Å². The summed E-state index contributed by atoms with van der Waals surface area (Å²) in [6, 6.07) is 3.42. The van der Waals surface area contributed by atoms with Crippen LogP contribution in [0.15, 0.2) is 29.5 Å². The Morgan fingerprint density at radius 1 is 1.21 bits per heavy atom. The highest BCUT2D eigenvalue weighted by Gasteiger charge is 2.35. The van der Waals surface area contributed by atoms with Crippen molar-refractivity contribution in [2.24, 2.45) is 0 Å². The van der Waals surface area contributed by atoms with Crippen LogP contribution >= 0.6 is 0 Å². The van der Waals surface area contributed by atoms with Gasteiger partial charge >= 0.3 is 17.9 Å². The molecule has 0 atom stereocenters. The molecule has 0 unspecified atom stereocenters. The third-order valence-electron chi connectivity index (χ3n) is 3.32. The van der Waals surface area contributed by atoms with E-state index in [1.165, 1.54) is 12.1 Å². The van der Waals surface area contributed by atoms with Crippen molar-refractivity contribution in [1.29, 1.82) is 0 Å². The molecule has 0 saturated carbocycles. The van der Waals surface area contributed by atoms with Crippen molar-refractivity contribution >= 4 is 23.6 Å². The number of rotatable bonds is 4. The van der Waals surface area contributed by atoms with Crippen LogP contribution in [0.5, 0.6) is 0 Å². The number of ether oxygens (including phenoxy) is 3. The third-order valence-corrected chi connectivity index (χ3v) is 3.32. The van der Waals surface area contributed by atoms with Crippen LogP contribution in [0.3, 0.4) is 0 Å². The molecule has 1 aromatic rings. The number of aromatic carboxylic acids is 1. The molecule has 0 bridgehead atoms. The van der Waals surface area contributed by atoms with Gasteiger partial charge in [0.25, 0.3) is 0 Å². The van der Waals surface area contributed by atoms with E-state index in [0.717, 1.165) is 25.2 Å². The quantitative estimate of drug-likeness (QED) is 0.808. The van der Waals surface area contributed by atoms with E-state index in [1.54, 1.807) is 0 Å². The highest BCUT2D eigenvalue weighted by atomic mass is 19.1. The van der Waals surface area contributed by atoms with Crippen molar-refractivity contribution in [3.8, 4) is 0 Å². The van der Waals surface area contributed by atoms with Crippen molar-refractivity contribution < 1.29 is 38.1 Å². The first-order valence-corrected chi connectivity index (χ1v) is 6.69. The zero-order valence-electron chi connectivity index (χ0n) is 12.9. The molecule has 0 spiro atoms. The van der Waals surface area contributed by atoms with Crippen LogP contribution in [0.25, 0.3) is 0 Å². The lowest BCUT2D eigenvalue weighted by atomic mass is 10.1. The number of carboxylic acid groups (broad SMARTS) is 1. The van der Waals surface area contributed by atoms with Crippen molar-refractivity contribution in [1.82, 2.24) is 0 Å². The van der Waals surface area contributed by atoms with Gasteiger partial charge in [0.05, 0.1) is 37.7 Å². The highest BCUT2D eigenvalue weighted by molar-refractivity contribution is 6.05. The molecule has 128 valence electrons. The number of carbonyl (C=O) groups is 3. The Morgan fingerprint density at radius 3 is 2.46 bits per heavy atom. The van der Waals surface area contributed by atoms with Gasteiger partial charge in [-0.05, 0) is 12.1 Å². The maximum absolute atomic E-state index is 14.3. The molecule has 9 heteroatoms. The van der Waals surface area contributed by atoms with Crippen LogP contribution in [0.1, 0.15) is 10.4 Å². The van der Waals surface area contributed by atoms with E-state index in [2.05, 4.69) is 9.47 Å². The minimum atomic E-state index is -1.40. The maximum Gasteiger partial charge on any atom is 0.355 e. The largest absolute Gasteiger partial charge is 0.478 e. The van der Waals surface area contributed by atoms with Gasteiger partial charge in [-0.3, -0.25) is 0 Å². The molecular formula is C15H14FNO7. The molecule has 0 amide bonds. The summed E-state index contributed by atoms with van der Waals surface area (Å²) in [5.74, 6) is -4.11. The van der Waals surface area contributed by atoms with Crippen molar-refractivity contribution in [2.75, 3.05) is 32.5 Å². The summed E-state index contributed by atoms with van der Waals surface area (Å²) in [7, 11) is 2.19. The van der Waals surface area contributed by atoms with Gasteiger partial charge in [0, 0.05) is 0 Å². The molecule has 0 fully saturated rings. The second-order valence-corrected chi connectivity index (χ2v) is 4.66. The Labute approximate surface area is 136 Å². The van der Waals surface area contributed by atoms with Crippen LogP contribution in [0.2, 0.25) is 0 Å². The molecule has 0 aromatic heterocycles. The molecule has 0 radical (unpaired) electrons. The summed E-state index contributed by atoms with van der Waals surface area (Å²) in [5.41, 5.74) is -1.34. The van der Waals surface area contributed by atoms with Gasteiger partial charge in [0.15, 0.2) is 0 Å². The van der Waals surface area contributed by atoms with Crippen LogP contribution in [0, 0.1) is 5.82 Å². The van der Waals surface area contributed by atoms with E-state index in [4.69, 9.17) is 4.74 Å². The predicted molar refractivity (Wildman–Crippen MR) is 77.7 cm³/mol. The number of methoxy groups -OCH3 is 2. The Kier molecular flexibility index (Phi) is 5.14. The smallest absolute Gasteiger partial charge is 0.355 e. The summed E-state index contributed by atoms with van der Waals surface area (Å²) in [4.78, 5) is 36.3. The van der Waals surface area contributed by atoms with Gasteiger partial charge in [0.1, 0.15) is 18.2 Å². The molecule has 1 aliphatic rings. The van der Waals surface area contributed by atoms with Crippen LogP contribution in [-0.2, 0) is 23.8 Å². The van der Waals surface area contributed by atoms with Crippen LogP contribution < -0.4 is 4.90 Å². The number of halogens is 1. The van der Waals surface area contributed by atoms with Gasteiger partial charge in [-0.15, -0.1) is 0 Å². The number of hydrogen-bond donors (Lipinski definition) is 1. The number of esters is 2. The first-order valence-electron chi connectivity index (χ1n) is 6.69. The molecule has 8 nitrogen and oxygen atoms in total. The lowest BCUT2D eigenvalue weighted by Gasteiger charge is -2.32. The molecule has 1 aliphatic heterocycles. The molecule has 24 heavy (non-hydrogen) atoms. The number of carboxylic acids is 1. The number of anilines is 1. The van der Waals surface area contributed by atoms with Gasteiger partial charge in [-0.1, -0.05) is 6.07 Å². The minimum Gasteiger partial charge on any atom is -0.478 e. The number of para-hydroxylation sites is 1. The average molecular weight is 339 g/mol. The summed E-state index contributed by atoms with van der Waals surface area (Å²) in [6.45, 7) is -0.601. The van der Waals surface area contributed by atoms with E-state index >= 15 is 0 Å². The number of hydrogen-bond acceptors (Lipinski definition) is 7. The van der Waals surface area contributed by atoms with Gasteiger partial charge < -0.3 is 24.2 Å². The SMILES string of the molecule is COC(=O)C1=C(C(=O)OC)N(c2c(F)cccc2C(=O)O)COC1. The van der Waals surface area contributed by atoms with Gasteiger partial charge in [-0.2, -0.15) is 0 Å². The first kappa shape index (κ1) is 17.4. The fraction of sp³-hybridized carbons (Fsp3) is 0.267. The topological polar surface area (TPSA) is 102 Å². The molecule has 1 aromatic carbocycles. The zero-order chi connectivity index (χ0) is 17.9. The maximum atomic E-state index is 14.3. The van der Waals surface area contributed by atoms with Crippen molar-refractivity contribution in [3.05, 3.63) is 40.8 Å². The second kappa shape index (κ2) is 7.09. The summed E-state index contributed by atoms with van der Waals surface area (Å²) >= 11 is 0. The fourth-order valence-electron chi connectivity index (χ4n) is 2.28. The van der Waals surface area contributed by atoms with Crippen molar-refractivity contribution in [2.45, 2.75) is 0 Å². The standard InChI is InChI=1S/C15H14FNO7/c1-22-14(20)9-6-24-7-17(12(9)15(21)23-2)11-8(13(18)19)4-3-5-10(11)16/h3-5H,6-7H2,1-2H3,(H,18,19). The fourth-order valence-corrected chi connectivity index (χ4v) is 2.28. The normalized spacial score (nSPS) is 14.4. The lowest BCUT2D eigenvalue weighted by Crippen LogP contribution is -2.40. The monoisotopic (exact) mass is 339 g/mol. The predicted octanol–water partition coefficient (Wildman–Crippen LogP) is 0.918. The highest BCUT2D eigenvalue weighted by Crippen LogP contribution is 2.31. The number of nitrogens with zero attached hydrogens (tertiary/aromatic N) is 1. The summed E-state index contributed by atoms with van der Waals surface area (Å²) in [5, 5.41) is 9.27.